The predicted molar refractivity (Wildman–Crippen MR) is 114 cm³/mol. The maximum absolute atomic E-state index is 14.6. The molecule has 0 saturated heterocycles. The van der Waals surface area contributed by atoms with Crippen molar-refractivity contribution < 1.29 is 23.7 Å². The third-order valence-corrected chi connectivity index (χ3v) is 4.73. The zero-order chi connectivity index (χ0) is 20.5. The molecule has 30 heavy (non-hydrogen) atoms. The lowest BCUT2D eigenvalue weighted by Crippen LogP contribution is -2.05. The van der Waals surface area contributed by atoms with Gasteiger partial charge in [0.1, 0.15) is 18.2 Å². The molecule has 0 atom stereocenters. The highest BCUT2D eigenvalue weighted by molar-refractivity contribution is 6.12. The smallest absolute Gasteiger partial charge is 0.182 e. The molecule has 4 aromatic rings. The summed E-state index contributed by atoms with van der Waals surface area (Å²) in [4.78, 5) is 4.59. The largest absolute Gasteiger partial charge is 0.508 e. The van der Waals surface area contributed by atoms with Gasteiger partial charge in [0, 0.05) is 40.6 Å². The van der Waals surface area contributed by atoms with Crippen LogP contribution in [0.1, 0.15) is 5.69 Å². The number of aromatic amines is 1. The normalized spacial score (nSPS) is 10.9. The van der Waals surface area contributed by atoms with Gasteiger partial charge in [-0.25, -0.2) is 9.37 Å². The first kappa shape index (κ1) is 21.6. The van der Waals surface area contributed by atoms with Crippen molar-refractivity contribution in [2.24, 2.45) is 0 Å². The number of fused-ring (bicyclic) bond motifs is 3. The van der Waals surface area contributed by atoms with Crippen LogP contribution in [0.3, 0.4) is 0 Å². The minimum Gasteiger partial charge on any atom is -0.508 e. The van der Waals surface area contributed by atoms with Crippen molar-refractivity contribution in [3.05, 3.63) is 41.8 Å². The van der Waals surface area contributed by atoms with E-state index in [0.29, 0.717) is 41.4 Å². The van der Waals surface area contributed by atoms with Gasteiger partial charge in [-0.1, -0.05) is 0 Å². The third-order valence-electron chi connectivity index (χ3n) is 4.73. The van der Waals surface area contributed by atoms with Crippen molar-refractivity contribution in [2.45, 2.75) is 6.92 Å². The minimum absolute atomic E-state index is 0. The van der Waals surface area contributed by atoms with Crippen LogP contribution >= 0.6 is 12.4 Å². The molecule has 2 aromatic carbocycles. The lowest BCUT2D eigenvalue weighted by molar-refractivity contribution is 0.144. The molecule has 2 aromatic heterocycles. The number of hydrogen-bond acceptors (Lipinski definition) is 6. The lowest BCUT2D eigenvalue weighted by atomic mass is 10.00. The van der Waals surface area contributed by atoms with Gasteiger partial charge in [-0.2, -0.15) is 5.10 Å². The summed E-state index contributed by atoms with van der Waals surface area (Å²) in [6, 6.07) is 7.59. The van der Waals surface area contributed by atoms with Crippen LogP contribution in [0.15, 0.2) is 30.3 Å². The molecule has 4 rings (SSSR count). The summed E-state index contributed by atoms with van der Waals surface area (Å²) >= 11 is 0. The van der Waals surface area contributed by atoms with E-state index in [4.69, 9.17) is 14.2 Å². The Morgan fingerprint density at radius 3 is 2.53 bits per heavy atom. The first-order valence-electron chi connectivity index (χ1n) is 9.00. The molecule has 2 N–H and O–H groups in total. The summed E-state index contributed by atoms with van der Waals surface area (Å²) in [5, 5.41) is 19.1. The number of aryl methyl sites for hydroxylation is 1. The van der Waals surface area contributed by atoms with Gasteiger partial charge in [-0.05, 0) is 31.2 Å². The van der Waals surface area contributed by atoms with E-state index < -0.39 is 5.82 Å². The first-order valence-corrected chi connectivity index (χ1v) is 9.00. The number of methoxy groups -OCH3 is 2. The van der Waals surface area contributed by atoms with Gasteiger partial charge < -0.3 is 19.3 Å². The molecule has 158 valence electrons. The van der Waals surface area contributed by atoms with E-state index >= 15 is 0 Å². The molecule has 0 bridgehead atoms. The molecule has 0 radical (unpaired) electrons. The second kappa shape index (κ2) is 8.73. The summed E-state index contributed by atoms with van der Waals surface area (Å²) in [5.41, 5.74) is 1.96. The van der Waals surface area contributed by atoms with Crippen molar-refractivity contribution in [3.63, 3.8) is 0 Å². The van der Waals surface area contributed by atoms with Crippen LogP contribution in [0.2, 0.25) is 0 Å². The number of ether oxygens (including phenoxy) is 3. The lowest BCUT2D eigenvalue weighted by Gasteiger charge is -2.15. The van der Waals surface area contributed by atoms with E-state index in [1.165, 1.54) is 12.1 Å². The van der Waals surface area contributed by atoms with Crippen LogP contribution < -0.4 is 9.47 Å². The number of nitrogens with one attached hydrogen (secondary N) is 1. The number of H-pyrrole nitrogens is 1. The van der Waals surface area contributed by atoms with Gasteiger partial charge in [0.15, 0.2) is 17.1 Å². The van der Waals surface area contributed by atoms with E-state index in [-0.39, 0.29) is 23.7 Å². The van der Waals surface area contributed by atoms with Crippen molar-refractivity contribution in [1.29, 1.82) is 0 Å². The molecule has 0 saturated carbocycles. The van der Waals surface area contributed by atoms with Crippen LogP contribution in [0.4, 0.5) is 4.39 Å². The number of phenols is 1. The standard InChI is InChI=1S/C21H20FN3O4.ClH/c1-11-19-14-9-18(29-7-6-27-2)17(28-3)10-15(14)20(23-21(19)25-24-11)13-5-4-12(26)8-16(13)22;/h4-5,8-10,26H,6-7H2,1-3H3,(H,23,24,25);1H. The summed E-state index contributed by atoms with van der Waals surface area (Å²) in [6.07, 6.45) is 0. The fourth-order valence-electron chi connectivity index (χ4n) is 3.36. The molecule has 2 heterocycles. The average molecular weight is 434 g/mol. The van der Waals surface area contributed by atoms with E-state index in [2.05, 4.69) is 15.2 Å². The van der Waals surface area contributed by atoms with Gasteiger partial charge in [0.25, 0.3) is 0 Å². The predicted octanol–water partition coefficient (Wildman–Crippen LogP) is 4.39. The Labute approximate surface area is 178 Å². The van der Waals surface area contributed by atoms with Crippen molar-refractivity contribution in [1.82, 2.24) is 15.2 Å². The second-order valence-corrected chi connectivity index (χ2v) is 6.56. The number of pyridine rings is 1. The fraction of sp³-hybridized carbons (Fsp3) is 0.238. The molecule has 0 aliphatic heterocycles. The van der Waals surface area contributed by atoms with Gasteiger partial charge >= 0.3 is 0 Å². The number of halogens is 2. The summed E-state index contributed by atoms with van der Waals surface area (Å²) in [7, 11) is 3.14. The van der Waals surface area contributed by atoms with E-state index in [1.807, 2.05) is 13.0 Å². The molecule has 0 fully saturated rings. The molecule has 9 heteroatoms. The highest BCUT2D eigenvalue weighted by Crippen LogP contribution is 2.40. The van der Waals surface area contributed by atoms with E-state index in [1.54, 1.807) is 20.3 Å². The number of nitrogens with zero attached hydrogens (tertiary/aromatic N) is 2. The topological polar surface area (TPSA) is 89.5 Å². The number of hydrogen-bond donors (Lipinski definition) is 2. The quantitative estimate of drug-likeness (QED) is 0.438. The molecule has 0 aliphatic rings. The molecular formula is C21H21ClFN3O4. The molecule has 0 aliphatic carbocycles. The SMILES string of the molecule is COCCOc1cc2c(cc1OC)c(-c1ccc(O)cc1F)nc1n[nH]c(C)c12.Cl. The molecule has 0 amide bonds. The molecule has 0 unspecified atom stereocenters. The molecule has 0 spiro atoms. The minimum atomic E-state index is -0.579. The number of rotatable bonds is 6. The Hall–Kier alpha value is -3.10. The molecular weight excluding hydrogens is 413 g/mol. The van der Waals surface area contributed by atoms with E-state index in [0.717, 1.165) is 22.5 Å². The summed E-state index contributed by atoms with van der Waals surface area (Å²) < 4.78 is 31.0. The van der Waals surface area contributed by atoms with Gasteiger partial charge in [-0.15, -0.1) is 12.4 Å². The number of benzene rings is 2. The van der Waals surface area contributed by atoms with Crippen LogP contribution in [0, 0.1) is 12.7 Å². The van der Waals surface area contributed by atoms with Crippen LogP contribution in [-0.4, -0.2) is 47.7 Å². The highest BCUT2D eigenvalue weighted by Gasteiger charge is 2.19. The van der Waals surface area contributed by atoms with Crippen LogP contribution in [0.5, 0.6) is 17.2 Å². The second-order valence-electron chi connectivity index (χ2n) is 6.56. The maximum atomic E-state index is 14.6. The average Bonchev–Trinajstić information content (AvgIpc) is 3.08. The number of aromatic nitrogens is 3. The molecule has 7 nitrogen and oxygen atoms in total. The summed E-state index contributed by atoms with van der Waals surface area (Å²) in [6.45, 7) is 2.69. The van der Waals surface area contributed by atoms with Crippen molar-refractivity contribution >= 4 is 34.2 Å². The Morgan fingerprint density at radius 1 is 1.07 bits per heavy atom. The first-order chi connectivity index (χ1) is 14.0. The summed E-state index contributed by atoms with van der Waals surface area (Å²) in [5.74, 6) is 0.307. The number of aromatic hydroxyl groups is 1. The Bertz CT molecular complexity index is 1210. The fourth-order valence-corrected chi connectivity index (χ4v) is 3.36. The van der Waals surface area contributed by atoms with Gasteiger partial charge in [0.2, 0.25) is 0 Å². The van der Waals surface area contributed by atoms with Crippen LogP contribution in [-0.2, 0) is 4.74 Å². The van der Waals surface area contributed by atoms with Crippen LogP contribution in [0.25, 0.3) is 33.1 Å². The van der Waals surface area contributed by atoms with Gasteiger partial charge in [-0.3, -0.25) is 5.10 Å². The Kier molecular flexibility index (Phi) is 6.28. The van der Waals surface area contributed by atoms with E-state index in [9.17, 15) is 9.50 Å². The maximum Gasteiger partial charge on any atom is 0.182 e. The number of phenolic OH excluding ortho intramolecular Hbond substituents is 1. The zero-order valence-electron chi connectivity index (χ0n) is 16.7. The Morgan fingerprint density at radius 2 is 1.83 bits per heavy atom. The highest BCUT2D eigenvalue weighted by atomic mass is 35.5. The van der Waals surface area contributed by atoms with Gasteiger partial charge in [0.05, 0.1) is 19.4 Å². The Balaban J connectivity index is 0.00000256. The third kappa shape index (κ3) is 3.71. The monoisotopic (exact) mass is 433 g/mol. The van der Waals surface area contributed by atoms with Crippen molar-refractivity contribution in [2.75, 3.05) is 27.4 Å². The zero-order valence-corrected chi connectivity index (χ0v) is 17.5. The van der Waals surface area contributed by atoms with Crippen molar-refractivity contribution in [3.8, 4) is 28.5 Å².